The van der Waals surface area contributed by atoms with Gasteiger partial charge in [0.1, 0.15) is 11.9 Å². The van der Waals surface area contributed by atoms with Gasteiger partial charge in [-0.05, 0) is 58.3 Å². The van der Waals surface area contributed by atoms with E-state index in [0.717, 1.165) is 30.7 Å². The Kier molecular flexibility index (Phi) is 5.12. The van der Waals surface area contributed by atoms with E-state index in [9.17, 15) is 0 Å². The molecule has 2 fully saturated rings. The van der Waals surface area contributed by atoms with Crippen LogP contribution in [0.15, 0.2) is 24.3 Å². The highest BCUT2D eigenvalue weighted by atomic mass is 35.5. The summed E-state index contributed by atoms with van der Waals surface area (Å²) >= 11 is 0. The molecule has 2 saturated heterocycles. The summed E-state index contributed by atoms with van der Waals surface area (Å²) in [5, 5.41) is 3.30. The fraction of sp³-hybridized carbons (Fsp3) is 0.625. The van der Waals surface area contributed by atoms with E-state index in [0.29, 0.717) is 0 Å². The molecule has 0 amide bonds. The maximum atomic E-state index is 6.05. The third kappa shape index (κ3) is 3.43. The number of nitrogens with one attached hydrogen (secondary N) is 1. The van der Waals surface area contributed by atoms with E-state index in [1.807, 2.05) is 24.3 Å². The summed E-state index contributed by atoms with van der Waals surface area (Å²) in [4.78, 5) is 0. The predicted octanol–water partition coefficient (Wildman–Crippen LogP) is 2.15. The highest BCUT2D eigenvalue weighted by molar-refractivity contribution is 6.62. The van der Waals surface area contributed by atoms with Crippen LogP contribution in [0.2, 0.25) is 0 Å². The smallest absolute Gasteiger partial charge is 0.489 e. The van der Waals surface area contributed by atoms with E-state index in [2.05, 4.69) is 33.0 Å². The van der Waals surface area contributed by atoms with Crippen LogP contribution < -0.4 is 15.5 Å². The zero-order valence-corrected chi connectivity index (χ0v) is 14.5. The molecule has 6 heteroatoms. The van der Waals surface area contributed by atoms with Crippen molar-refractivity contribution in [3.63, 3.8) is 0 Å². The first kappa shape index (κ1) is 17.6. The number of hydrogen-bond donors (Lipinski definition) is 1. The Labute approximate surface area is 139 Å². The highest BCUT2D eigenvalue weighted by Crippen LogP contribution is 2.36. The molecule has 1 unspecified atom stereocenters. The van der Waals surface area contributed by atoms with Crippen molar-refractivity contribution < 1.29 is 14.0 Å². The van der Waals surface area contributed by atoms with Crippen molar-refractivity contribution in [2.45, 2.75) is 51.4 Å². The second kappa shape index (κ2) is 6.40. The lowest BCUT2D eigenvalue weighted by Crippen LogP contribution is -2.41. The largest absolute Gasteiger partial charge is 0.494 e. The van der Waals surface area contributed by atoms with Crippen LogP contribution in [-0.4, -0.2) is 37.5 Å². The van der Waals surface area contributed by atoms with Crippen molar-refractivity contribution >= 4 is 25.0 Å². The van der Waals surface area contributed by atoms with E-state index in [1.165, 1.54) is 0 Å². The van der Waals surface area contributed by atoms with Gasteiger partial charge in [0.25, 0.3) is 0 Å². The zero-order valence-electron chi connectivity index (χ0n) is 13.7. The van der Waals surface area contributed by atoms with Crippen molar-refractivity contribution in [1.29, 1.82) is 0 Å². The van der Waals surface area contributed by atoms with Crippen LogP contribution in [0.1, 0.15) is 34.1 Å². The van der Waals surface area contributed by atoms with Crippen molar-refractivity contribution in [2.75, 3.05) is 13.1 Å². The van der Waals surface area contributed by atoms with Crippen molar-refractivity contribution in [2.24, 2.45) is 0 Å². The Bertz CT molecular complexity index is 485. The Hall–Kier alpha value is -0.745. The third-order valence-electron chi connectivity index (χ3n) is 4.72. The molecule has 1 aromatic carbocycles. The van der Waals surface area contributed by atoms with Gasteiger partial charge in [0, 0.05) is 6.54 Å². The van der Waals surface area contributed by atoms with Crippen molar-refractivity contribution in [3.05, 3.63) is 24.3 Å². The minimum absolute atomic E-state index is 0. The first-order valence-electron chi connectivity index (χ1n) is 7.70. The van der Waals surface area contributed by atoms with Crippen molar-refractivity contribution in [1.82, 2.24) is 5.32 Å². The number of hydrogen-bond acceptors (Lipinski definition) is 4. The summed E-state index contributed by atoms with van der Waals surface area (Å²) < 4.78 is 18.0. The van der Waals surface area contributed by atoms with E-state index in [4.69, 9.17) is 14.0 Å². The van der Waals surface area contributed by atoms with Gasteiger partial charge in [0.2, 0.25) is 0 Å². The summed E-state index contributed by atoms with van der Waals surface area (Å²) in [7, 11) is -0.308. The molecule has 2 heterocycles. The molecule has 0 saturated carbocycles. The van der Waals surface area contributed by atoms with Gasteiger partial charge in [-0.2, -0.15) is 0 Å². The van der Waals surface area contributed by atoms with Crippen LogP contribution in [0.3, 0.4) is 0 Å². The Morgan fingerprint density at radius 2 is 1.68 bits per heavy atom. The first-order valence-corrected chi connectivity index (χ1v) is 7.70. The van der Waals surface area contributed by atoms with Crippen LogP contribution in [0.4, 0.5) is 0 Å². The number of ether oxygens (including phenoxy) is 1. The van der Waals surface area contributed by atoms with Crippen LogP contribution in [0.5, 0.6) is 5.75 Å². The fourth-order valence-electron chi connectivity index (χ4n) is 2.60. The van der Waals surface area contributed by atoms with Gasteiger partial charge in [-0.15, -0.1) is 12.4 Å². The lowest BCUT2D eigenvalue weighted by Gasteiger charge is -2.32. The molecule has 3 rings (SSSR count). The Morgan fingerprint density at radius 1 is 1.09 bits per heavy atom. The van der Waals surface area contributed by atoms with Crippen LogP contribution in [-0.2, 0) is 9.31 Å². The molecule has 2 aliphatic heterocycles. The standard InChI is InChI=1S/C16H24BNO3.ClH/c1-15(2)16(3,4)21-17(20-15)12-5-7-13(8-6-12)19-14-9-10-18-11-14;/h5-8,14,18H,9-11H2,1-4H3;1H. The van der Waals surface area contributed by atoms with E-state index in [1.54, 1.807) is 0 Å². The molecule has 0 bridgehead atoms. The predicted molar refractivity (Wildman–Crippen MR) is 91.3 cm³/mol. The molecule has 1 atom stereocenters. The molecule has 4 nitrogen and oxygen atoms in total. The molecule has 22 heavy (non-hydrogen) atoms. The second-order valence-electron chi connectivity index (χ2n) is 6.89. The maximum Gasteiger partial charge on any atom is 0.494 e. The summed E-state index contributed by atoms with van der Waals surface area (Å²) in [6.45, 7) is 10.2. The summed E-state index contributed by atoms with van der Waals surface area (Å²) in [5.74, 6) is 0.906. The van der Waals surface area contributed by atoms with E-state index in [-0.39, 0.29) is 36.8 Å². The molecule has 0 aromatic heterocycles. The van der Waals surface area contributed by atoms with Crippen LogP contribution in [0.25, 0.3) is 0 Å². The topological polar surface area (TPSA) is 39.7 Å². The average Bonchev–Trinajstić information content (AvgIpc) is 2.97. The van der Waals surface area contributed by atoms with Crippen LogP contribution >= 0.6 is 12.4 Å². The van der Waals surface area contributed by atoms with Gasteiger partial charge < -0.3 is 19.4 Å². The molecular weight excluding hydrogens is 300 g/mol. The molecule has 2 aliphatic rings. The minimum atomic E-state index is -0.308. The molecular formula is C16H25BClNO3. The molecule has 0 radical (unpaired) electrons. The SMILES string of the molecule is CC1(C)OB(c2ccc(OC3CCNC3)cc2)OC1(C)C.Cl. The van der Waals surface area contributed by atoms with Gasteiger partial charge in [-0.25, -0.2) is 0 Å². The Morgan fingerprint density at radius 3 is 2.18 bits per heavy atom. The van der Waals surface area contributed by atoms with Gasteiger partial charge in [0.05, 0.1) is 11.2 Å². The lowest BCUT2D eigenvalue weighted by molar-refractivity contribution is 0.00578. The maximum absolute atomic E-state index is 6.05. The van der Waals surface area contributed by atoms with E-state index < -0.39 is 0 Å². The first-order chi connectivity index (χ1) is 9.87. The molecule has 0 aliphatic carbocycles. The molecule has 1 aromatic rings. The quantitative estimate of drug-likeness (QED) is 0.865. The minimum Gasteiger partial charge on any atom is -0.489 e. The van der Waals surface area contributed by atoms with Crippen molar-refractivity contribution in [3.8, 4) is 5.75 Å². The third-order valence-corrected chi connectivity index (χ3v) is 4.72. The average molecular weight is 326 g/mol. The molecule has 122 valence electrons. The number of benzene rings is 1. The number of halogens is 1. The Balaban J connectivity index is 0.00000176. The fourth-order valence-corrected chi connectivity index (χ4v) is 2.60. The summed E-state index contributed by atoms with van der Waals surface area (Å²) in [5.41, 5.74) is 0.426. The van der Waals surface area contributed by atoms with Gasteiger partial charge in [-0.3, -0.25) is 0 Å². The van der Waals surface area contributed by atoms with E-state index >= 15 is 0 Å². The monoisotopic (exact) mass is 325 g/mol. The lowest BCUT2D eigenvalue weighted by atomic mass is 9.79. The summed E-state index contributed by atoms with van der Waals surface area (Å²) in [6.07, 6.45) is 1.35. The second-order valence-corrected chi connectivity index (χ2v) is 6.89. The summed E-state index contributed by atoms with van der Waals surface area (Å²) in [6, 6.07) is 8.05. The van der Waals surface area contributed by atoms with Gasteiger partial charge >= 0.3 is 7.12 Å². The molecule has 1 N–H and O–H groups in total. The number of rotatable bonds is 3. The van der Waals surface area contributed by atoms with Gasteiger partial charge in [-0.1, -0.05) is 12.1 Å². The highest BCUT2D eigenvalue weighted by Gasteiger charge is 2.51. The van der Waals surface area contributed by atoms with Crippen LogP contribution in [0, 0.1) is 0 Å². The molecule has 0 spiro atoms. The van der Waals surface area contributed by atoms with Gasteiger partial charge in [0.15, 0.2) is 0 Å². The normalized spacial score (nSPS) is 25.8. The zero-order chi connectivity index (χ0) is 15.1.